The first-order valence-corrected chi connectivity index (χ1v) is 11.3. The highest BCUT2D eigenvalue weighted by atomic mass is 15.2. The molecule has 2 N–H and O–H groups in total. The number of benzene rings is 2. The third-order valence-electron chi connectivity index (χ3n) is 5.83. The topological polar surface area (TPSA) is 57.5 Å². The summed E-state index contributed by atoms with van der Waals surface area (Å²) in [7, 11) is 4.00. The van der Waals surface area contributed by atoms with Crippen LogP contribution >= 0.6 is 0 Å². The molecule has 2 aromatic carbocycles. The number of nitrogens with one attached hydrogen (secondary N) is 2. The van der Waals surface area contributed by atoms with Crippen LogP contribution in [0.4, 0.5) is 0 Å². The van der Waals surface area contributed by atoms with Crippen molar-refractivity contribution in [1.29, 1.82) is 0 Å². The van der Waals surface area contributed by atoms with Crippen molar-refractivity contribution in [2.24, 2.45) is 4.99 Å². The Morgan fingerprint density at radius 1 is 1.06 bits per heavy atom. The summed E-state index contributed by atoms with van der Waals surface area (Å²) in [5, 5.41) is 6.88. The van der Waals surface area contributed by atoms with Gasteiger partial charge in [-0.15, -0.1) is 0 Å². The van der Waals surface area contributed by atoms with E-state index in [0.29, 0.717) is 6.04 Å². The molecule has 1 unspecified atom stereocenters. The Morgan fingerprint density at radius 3 is 2.53 bits per heavy atom. The van der Waals surface area contributed by atoms with Gasteiger partial charge in [0.25, 0.3) is 0 Å². The molecule has 0 bridgehead atoms. The lowest BCUT2D eigenvalue weighted by molar-refractivity contribution is 0.238. The second-order valence-electron chi connectivity index (χ2n) is 8.31. The van der Waals surface area contributed by atoms with Gasteiger partial charge in [-0.3, -0.25) is 9.89 Å². The van der Waals surface area contributed by atoms with Crippen molar-refractivity contribution in [3.05, 3.63) is 89.5 Å². The molecule has 1 aromatic heterocycles. The normalized spacial score (nSPS) is 12.7. The van der Waals surface area contributed by atoms with Gasteiger partial charge in [-0.1, -0.05) is 54.6 Å². The largest absolute Gasteiger partial charge is 0.356 e. The fourth-order valence-electron chi connectivity index (χ4n) is 3.66. The number of hydrogen-bond acceptors (Lipinski definition) is 3. The summed E-state index contributed by atoms with van der Waals surface area (Å²) in [6.45, 7) is 7.71. The SMILES string of the molecule is CN=C(NCCC(C)N(C)Cc1ccccc1)NCc1cccc(Cn2ccnc2C)c1. The van der Waals surface area contributed by atoms with Crippen molar-refractivity contribution in [3.8, 4) is 0 Å². The predicted octanol–water partition coefficient (Wildman–Crippen LogP) is 3.82. The van der Waals surface area contributed by atoms with Gasteiger partial charge in [-0.2, -0.15) is 0 Å². The lowest BCUT2D eigenvalue weighted by atomic mass is 10.1. The van der Waals surface area contributed by atoms with Crippen LogP contribution in [0, 0.1) is 6.92 Å². The molecule has 0 amide bonds. The first-order valence-electron chi connectivity index (χ1n) is 11.3. The van der Waals surface area contributed by atoms with Gasteiger partial charge in [-0.25, -0.2) is 4.98 Å². The summed E-state index contributed by atoms with van der Waals surface area (Å²) >= 11 is 0. The molecule has 0 fully saturated rings. The van der Waals surface area contributed by atoms with Crippen LogP contribution in [0.5, 0.6) is 0 Å². The Hall–Kier alpha value is -3.12. The number of hydrogen-bond donors (Lipinski definition) is 2. The average molecular weight is 433 g/mol. The van der Waals surface area contributed by atoms with Crippen molar-refractivity contribution < 1.29 is 0 Å². The minimum Gasteiger partial charge on any atom is -0.356 e. The molecule has 0 aliphatic carbocycles. The molecule has 1 heterocycles. The average Bonchev–Trinajstić information content (AvgIpc) is 3.21. The monoisotopic (exact) mass is 432 g/mol. The van der Waals surface area contributed by atoms with Gasteiger partial charge in [0.1, 0.15) is 5.82 Å². The van der Waals surface area contributed by atoms with Gasteiger partial charge in [0, 0.05) is 51.7 Å². The van der Waals surface area contributed by atoms with E-state index in [1.165, 1.54) is 16.7 Å². The molecule has 1 atom stereocenters. The second-order valence-corrected chi connectivity index (χ2v) is 8.31. The quantitative estimate of drug-likeness (QED) is 0.378. The molecule has 3 rings (SSSR count). The zero-order valence-corrected chi connectivity index (χ0v) is 19.8. The van der Waals surface area contributed by atoms with Crippen molar-refractivity contribution in [1.82, 2.24) is 25.1 Å². The Kier molecular flexibility index (Phi) is 8.87. The van der Waals surface area contributed by atoms with Crippen LogP contribution in [0.1, 0.15) is 35.9 Å². The summed E-state index contributed by atoms with van der Waals surface area (Å²) in [5.41, 5.74) is 3.85. The Labute approximate surface area is 192 Å². The van der Waals surface area contributed by atoms with Crippen molar-refractivity contribution >= 4 is 5.96 Å². The van der Waals surface area contributed by atoms with Crippen molar-refractivity contribution in [2.75, 3.05) is 20.6 Å². The molecule has 6 heteroatoms. The molecule has 0 radical (unpaired) electrons. The number of imidazole rings is 1. The van der Waals surface area contributed by atoms with Gasteiger partial charge in [0.2, 0.25) is 0 Å². The molecule has 0 saturated heterocycles. The molecule has 0 aliphatic heterocycles. The smallest absolute Gasteiger partial charge is 0.191 e. The summed E-state index contributed by atoms with van der Waals surface area (Å²) in [5.74, 6) is 1.86. The molecule has 6 nitrogen and oxygen atoms in total. The highest BCUT2D eigenvalue weighted by Gasteiger charge is 2.10. The van der Waals surface area contributed by atoms with E-state index >= 15 is 0 Å². The zero-order chi connectivity index (χ0) is 22.8. The van der Waals surface area contributed by atoms with Crippen LogP contribution < -0.4 is 10.6 Å². The van der Waals surface area contributed by atoms with Crippen LogP contribution in [-0.4, -0.2) is 47.1 Å². The first-order chi connectivity index (χ1) is 15.5. The van der Waals surface area contributed by atoms with E-state index in [2.05, 4.69) is 98.6 Å². The maximum Gasteiger partial charge on any atom is 0.191 e. The number of aromatic nitrogens is 2. The van der Waals surface area contributed by atoms with Crippen molar-refractivity contribution in [3.63, 3.8) is 0 Å². The number of aliphatic imine (C=N–C) groups is 1. The number of nitrogens with zero attached hydrogens (tertiary/aromatic N) is 4. The standard InChI is InChI=1S/C26H36N6/c1-21(31(4)19-23-9-6-5-7-10-23)13-14-29-26(27-3)30-18-24-11-8-12-25(17-24)20-32-16-15-28-22(32)2/h5-12,15-17,21H,13-14,18-20H2,1-4H3,(H2,27,29,30). The third kappa shape index (κ3) is 7.24. The molecule has 0 spiro atoms. The first kappa shape index (κ1) is 23.5. The minimum absolute atomic E-state index is 0.476. The van der Waals surface area contributed by atoms with E-state index in [9.17, 15) is 0 Å². The maximum atomic E-state index is 4.38. The number of rotatable bonds is 10. The summed E-state index contributed by atoms with van der Waals surface area (Å²) in [6, 6.07) is 19.7. The van der Waals surface area contributed by atoms with E-state index in [-0.39, 0.29) is 0 Å². The molecule has 170 valence electrons. The van der Waals surface area contributed by atoms with Gasteiger partial charge in [0.15, 0.2) is 5.96 Å². The van der Waals surface area contributed by atoms with Crippen LogP contribution in [-0.2, 0) is 19.6 Å². The lowest BCUT2D eigenvalue weighted by Crippen LogP contribution is -2.39. The Balaban J connectivity index is 1.42. The van der Waals surface area contributed by atoms with Gasteiger partial charge < -0.3 is 15.2 Å². The summed E-state index contributed by atoms with van der Waals surface area (Å²) in [6.07, 6.45) is 4.91. The van der Waals surface area contributed by atoms with Crippen LogP contribution in [0.3, 0.4) is 0 Å². The third-order valence-corrected chi connectivity index (χ3v) is 5.83. The second kappa shape index (κ2) is 12.1. The minimum atomic E-state index is 0.476. The van der Waals surface area contributed by atoms with Crippen LogP contribution in [0.25, 0.3) is 0 Å². The fraction of sp³-hybridized carbons (Fsp3) is 0.385. The van der Waals surface area contributed by atoms with E-state index in [1.807, 2.05) is 26.4 Å². The molecule has 0 aliphatic rings. The summed E-state index contributed by atoms with van der Waals surface area (Å²) < 4.78 is 2.16. The Morgan fingerprint density at radius 2 is 1.81 bits per heavy atom. The number of guanidine groups is 1. The van der Waals surface area contributed by atoms with Crippen molar-refractivity contribution in [2.45, 2.75) is 45.9 Å². The Bertz CT molecular complexity index is 979. The van der Waals surface area contributed by atoms with E-state index in [0.717, 1.165) is 44.4 Å². The van der Waals surface area contributed by atoms with Gasteiger partial charge in [-0.05, 0) is 44.0 Å². The van der Waals surface area contributed by atoms with Crippen LogP contribution in [0.2, 0.25) is 0 Å². The highest BCUT2D eigenvalue weighted by Crippen LogP contribution is 2.09. The fourth-order valence-corrected chi connectivity index (χ4v) is 3.66. The van der Waals surface area contributed by atoms with E-state index in [4.69, 9.17) is 0 Å². The molecular weight excluding hydrogens is 396 g/mol. The van der Waals surface area contributed by atoms with E-state index < -0.39 is 0 Å². The van der Waals surface area contributed by atoms with Gasteiger partial charge >= 0.3 is 0 Å². The number of aryl methyl sites for hydroxylation is 1. The van der Waals surface area contributed by atoms with Gasteiger partial charge in [0.05, 0.1) is 0 Å². The highest BCUT2D eigenvalue weighted by molar-refractivity contribution is 5.79. The predicted molar refractivity (Wildman–Crippen MR) is 133 cm³/mol. The van der Waals surface area contributed by atoms with Crippen LogP contribution in [0.15, 0.2) is 72.0 Å². The molecular formula is C26H36N6. The molecule has 0 saturated carbocycles. The molecule has 3 aromatic rings. The summed E-state index contributed by atoms with van der Waals surface area (Å²) in [4.78, 5) is 11.1. The lowest BCUT2D eigenvalue weighted by Gasteiger charge is -2.25. The molecule has 32 heavy (non-hydrogen) atoms. The maximum absolute atomic E-state index is 4.38. The zero-order valence-electron chi connectivity index (χ0n) is 19.8. The van der Waals surface area contributed by atoms with E-state index in [1.54, 1.807) is 0 Å².